The molecule has 0 spiro atoms. The fraction of sp³-hybridized carbons (Fsp3) is 0.714. The summed E-state index contributed by atoms with van der Waals surface area (Å²) in [5.41, 5.74) is 0.952. The third-order valence-electron chi connectivity index (χ3n) is 3.55. The quantitative estimate of drug-likeness (QED) is 0.714. The molecule has 2 heterocycles. The molecule has 0 bridgehead atoms. The van der Waals surface area contributed by atoms with Crippen LogP contribution in [-0.4, -0.2) is 73.8 Å². The van der Waals surface area contributed by atoms with Crippen molar-refractivity contribution in [2.45, 2.75) is 13.5 Å². The third kappa shape index (κ3) is 7.50. The fourth-order valence-electron chi connectivity index (χ4n) is 2.36. The summed E-state index contributed by atoms with van der Waals surface area (Å²) in [4.78, 5) is 16.2. The number of ether oxygens (including phenoxy) is 1. The Morgan fingerprint density at radius 3 is 2.61 bits per heavy atom. The van der Waals surface area contributed by atoms with Gasteiger partial charge in [0.1, 0.15) is 5.76 Å². The van der Waals surface area contributed by atoms with E-state index in [0.717, 1.165) is 44.2 Å². The molecule has 9 heteroatoms. The zero-order valence-electron chi connectivity index (χ0n) is 13.6. The first-order valence-corrected chi connectivity index (χ1v) is 7.31. The number of halogens is 2. The Morgan fingerprint density at radius 2 is 2.04 bits per heavy atom. The number of carbonyl (C=O) groups excluding carboxylic acids is 1. The highest BCUT2D eigenvalue weighted by Crippen LogP contribution is 2.09. The summed E-state index contributed by atoms with van der Waals surface area (Å²) in [6.45, 7) is 7.65. The molecule has 1 fully saturated rings. The average molecular weight is 369 g/mol. The van der Waals surface area contributed by atoms with E-state index >= 15 is 0 Å². The van der Waals surface area contributed by atoms with Crippen LogP contribution in [0.5, 0.6) is 0 Å². The van der Waals surface area contributed by atoms with Crippen LogP contribution in [-0.2, 0) is 16.1 Å². The molecule has 0 aromatic carbocycles. The molecule has 23 heavy (non-hydrogen) atoms. The number of nitrogens with zero attached hydrogens (tertiary/aromatic N) is 3. The first kappa shape index (κ1) is 22.1. The molecule has 7 nitrogen and oxygen atoms in total. The Balaban J connectivity index is 0.00000242. The minimum atomic E-state index is 0. The van der Waals surface area contributed by atoms with E-state index in [1.165, 1.54) is 0 Å². The van der Waals surface area contributed by atoms with Crippen molar-refractivity contribution in [1.82, 2.24) is 20.3 Å². The molecule has 0 unspecified atom stereocenters. The zero-order chi connectivity index (χ0) is 15.1. The van der Waals surface area contributed by atoms with E-state index in [0.29, 0.717) is 19.7 Å². The van der Waals surface area contributed by atoms with Gasteiger partial charge in [-0.25, -0.2) is 0 Å². The Hall–Kier alpha value is -0.860. The van der Waals surface area contributed by atoms with Crippen LogP contribution in [0.15, 0.2) is 10.6 Å². The predicted octanol–water partition coefficient (Wildman–Crippen LogP) is 0.707. The molecule has 1 amide bonds. The molecule has 1 aliphatic heterocycles. The topological polar surface area (TPSA) is 70.8 Å². The molecule has 0 saturated carbocycles. The van der Waals surface area contributed by atoms with Crippen LogP contribution in [0, 0.1) is 6.92 Å². The van der Waals surface area contributed by atoms with Gasteiger partial charge in [0.2, 0.25) is 5.91 Å². The van der Waals surface area contributed by atoms with E-state index in [1.807, 2.05) is 17.9 Å². The molecule has 1 N–H and O–H groups in total. The number of aromatic nitrogens is 1. The van der Waals surface area contributed by atoms with Gasteiger partial charge in [-0.15, -0.1) is 24.8 Å². The van der Waals surface area contributed by atoms with E-state index in [4.69, 9.17) is 9.26 Å². The number of carbonyl (C=O) groups is 1. The van der Waals surface area contributed by atoms with Gasteiger partial charge in [-0.2, -0.15) is 0 Å². The summed E-state index contributed by atoms with van der Waals surface area (Å²) in [5.74, 6) is 0.990. The van der Waals surface area contributed by atoms with Gasteiger partial charge in [-0.05, 0) is 6.92 Å². The number of hydrogen-bond donors (Lipinski definition) is 1. The summed E-state index contributed by atoms with van der Waals surface area (Å²) in [6, 6.07) is 1.96. The molecule has 0 radical (unpaired) electrons. The predicted molar refractivity (Wildman–Crippen MR) is 92.3 cm³/mol. The molecule has 2 rings (SSSR count). The Morgan fingerprint density at radius 1 is 1.35 bits per heavy atom. The van der Waals surface area contributed by atoms with Crippen molar-refractivity contribution in [2.24, 2.45) is 0 Å². The second kappa shape index (κ2) is 11.6. The summed E-state index contributed by atoms with van der Waals surface area (Å²) >= 11 is 0. The lowest BCUT2D eigenvalue weighted by Crippen LogP contribution is -2.50. The summed E-state index contributed by atoms with van der Waals surface area (Å²) in [7, 11) is 1.65. The van der Waals surface area contributed by atoms with Gasteiger partial charge in [0.25, 0.3) is 0 Å². The zero-order valence-corrected chi connectivity index (χ0v) is 15.3. The molecule has 134 valence electrons. The van der Waals surface area contributed by atoms with Crippen LogP contribution in [0.2, 0.25) is 0 Å². The second-order valence-corrected chi connectivity index (χ2v) is 5.26. The van der Waals surface area contributed by atoms with Crippen LogP contribution in [0.1, 0.15) is 11.5 Å². The highest BCUT2D eigenvalue weighted by Gasteiger charge is 2.21. The molecule has 1 aromatic heterocycles. The SMILES string of the molecule is COCCNCC(=O)N1CCN(Cc2cc(C)on2)CC1.Cl.Cl. The monoisotopic (exact) mass is 368 g/mol. The molecular weight excluding hydrogens is 343 g/mol. The van der Waals surface area contributed by atoms with Crippen molar-refractivity contribution in [3.63, 3.8) is 0 Å². The number of amides is 1. The van der Waals surface area contributed by atoms with Crippen molar-refractivity contribution >= 4 is 30.7 Å². The lowest BCUT2D eigenvalue weighted by atomic mass is 10.2. The number of hydrogen-bond acceptors (Lipinski definition) is 6. The van der Waals surface area contributed by atoms with Gasteiger partial charge in [-0.3, -0.25) is 9.69 Å². The lowest BCUT2D eigenvalue weighted by molar-refractivity contribution is -0.132. The van der Waals surface area contributed by atoms with Crippen molar-refractivity contribution in [1.29, 1.82) is 0 Å². The van der Waals surface area contributed by atoms with Crippen LogP contribution in [0.3, 0.4) is 0 Å². The molecule has 1 aromatic rings. The number of aryl methyl sites for hydroxylation is 1. The van der Waals surface area contributed by atoms with Gasteiger partial charge < -0.3 is 19.5 Å². The maximum Gasteiger partial charge on any atom is 0.236 e. The number of piperazine rings is 1. The largest absolute Gasteiger partial charge is 0.383 e. The van der Waals surface area contributed by atoms with E-state index in [9.17, 15) is 4.79 Å². The van der Waals surface area contributed by atoms with Crippen LogP contribution < -0.4 is 5.32 Å². The van der Waals surface area contributed by atoms with E-state index < -0.39 is 0 Å². The van der Waals surface area contributed by atoms with E-state index in [1.54, 1.807) is 7.11 Å². The standard InChI is InChI=1S/C14H24N4O3.2ClH/c1-12-9-13(16-21-12)11-17-4-6-18(7-5-17)14(19)10-15-3-8-20-2;;/h9,15H,3-8,10-11H2,1-2H3;2*1H. The smallest absolute Gasteiger partial charge is 0.236 e. The normalized spacial score (nSPS) is 15.0. The van der Waals surface area contributed by atoms with Crippen molar-refractivity contribution in [3.05, 3.63) is 17.5 Å². The summed E-state index contributed by atoms with van der Waals surface area (Å²) in [6.07, 6.45) is 0. The first-order valence-electron chi connectivity index (χ1n) is 7.31. The molecule has 1 aliphatic rings. The maximum absolute atomic E-state index is 12.0. The first-order chi connectivity index (χ1) is 10.2. The van der Waals surface area contributed by atoms with E-state index in [-0.39, 0.29) is 30.7 Å². The highest BCUT2D eigenvalue weighted by atomic mass is 35.5. The highest BCUT2D eigenvalue weighted by molar-refractivity contribution is 5.85. The molecule has 0 atom stereocenters. The van der Waals surface area contributed by atoms with Crippen molar-refractivity contribution in [2.75, 3.05) is 53.0 Å². The Bertz CT molecular complexity index is 451. The average Bonchev–Trinajstić information content (AvgIpc) is 2.89. The van der Waals surface area contributed by atoms with Crippen LogP contribution in [0.4, 0.5) is 0 Å². The summed E-state index contributed by atoms with van der Waals surface area (Å²) in [5, 5.41) is 7.09. The minimum absolute atomic E-state index is 0. The lowest BCUT2D eigenvalue weighted by Gasteiger charge is -2.34. The molecule has 1 saturated heterocycles. The maximum atomic E-state index is 12.0. The fourth-order valence-corrected chi connectivity index (χ4v) is 2.36. The van der Waals surface area contributed by atoms with Gasteiger partial charge in [0.15, 0.2) is 0 Å². The van der Waals surface area contributed by atoms with Crippen LogP contribution >= 0.6 is 24.8 Å². The van der Waals surface area contributed by atoms with Crippen LogP contribution in [0.25, 0.3) is 0 Å². The number of rotatable bonds is 7. The van der Waals surface area contributed by atoms with Crippen molar-refractivity contribution < 1.29 is 14.1 Å². The van der Waals surface area contributed by atoms with Gasteiger partial charge in [0, 0.05) is 52.4 Å². The number of methoxy groups -OCH3 is 1. The Labute approximate surface area is 149 Å². The molecule has 0 aliphatic carbocycles. The Kier molecular flexibility index (Phi) is 11.2. The third-order valence-corrected chi connectivity index (χ3v) is 3.55. The summed E-state index contributed by atoms with van der Waals surface area (Å²) < 4.78 is 10.0. The van der Waals surface area contributed by atoms with Gasteiger partial charge in [0.05, 0.1) is 18.8 Å². The number of nitrogens with one attached hydrogen (secondary N) is 1. The van der Waals surface area contributed by atoms with Gasteiger partial charge >= 0.3 is 0 Å². The second-order valence-electron chi connectivity index (χ2n) is 5.26. The van der Waals surface area contributed by atoms with Crippen molar-refractivity contribution in [3.8, 4) is 0 Å². The minimum Gasteiger partial charge on any atom is -0.383 e. The molecular formula is C14H26Cl2N4O3. The van der Waals surface area contributed by atoms with Gasteiger partial charge in [-0.1, -0.05) is 5.16 Å². The van der Waals surface area contributed by atoms with E-state index in [2.05, 4.69) is 15.4 Å².